The largest absolute Gasteiger partial charge is 0.391 e. The highest BCUT2D eigenvalue weighted by Gasteiger charge is 2.21. The van der Waals surface area contributed by atoms with Gasteiger partial charge >= 0.3 is 0 Å². The smallest absolute Gasteiger partial charge is 0.0803 e. The third-order valence-electron chi connectivity index (χ3n) is 4.86. The summed E-state index contributed by atoms with van der Waals surface area (Å²) in [5, 5.41) is 21.3. The van der Waals surface area contributed by atoms with Crippen molar-refractivity contribution in [3.05, 3.63) is 71.8 Å². The fourth-order valence-corrected chi connectivity index (χ4v) is 4.57. The van der Waals surface area contributed by atoms with Crippen molar-refractivity contribution >= 4 is 11.8 Å². The molecule has 0 spiro atoms. The van der Waals surface area contributed by atoms with Gasteiger partial charge in [-0.05, 0) is 17.5 Å². The van der Waals surface area contributed by atoms with E-state index in [0.29, 0.717) is 18.7 Å². The van der Waals surface area contributed by atoms with E-state index < -0.39 is 6.10 Å². The average molecular weight is 388 g/mol. The number of morpholine rings is 1. The lowest BCUT2D eigenvalue weighted by Crippen LogP contribution is -2.41. The lowest BCUT2D eigenvalue weighted by atomic mass is 10.0. The second kappa shape index (κ2) is 10.8. The molecule has 0 amide bonds. The predicted molar refractivity (Wildman–Crippen MR) is 111 cm³/mol. The number of hydrogen-bond donors (Lipinski definition) is 2. The van der Waals surface area contributed by atoms with Gasteiger partial charge < -0.3 is 14.9 Å². The van der Waals surface area contributed by atoms with Crippen molar-refractivity contribution in [3.8, 4) is 0 Å². The Hall–Kier alpha value is -1.37. The number of aliphatic hydroxyl groups excluding tert-OH is 2. The first-order valence-corrected chi connectivity index (χ1v) is 10.6. The molecule has 146 valence electrons. The van der Waals surface area contributed by atoms with Crippen LogP contribution >= 0.6 is 11.8 Å². The van der Waals surface area contributed by atoms with Gasteiger partial charge in [0.25, 0.3) is 0 Å². The van der Waals surface area contributed by atoms with Crippen LogP contribution in [0.4, 0.5) is 0 Å². The van der Waals surface area contributed by atoms with Gasteiger partial charge in [0, 0.05) is 30.6 Å². The SMILES string of the molecule is O[C@@H](CS[C@@H](C[C@@H](O)c1ccccc1)c1ccccc1)CN1CCOCC1. The number of benzene rings is 2. The maximum atomic E-state index is 10.7. The van der Waals surface area contributed by atoms with Crippen LogP contribution in [0.15, 0.2) is 60.7 Å². The molecule has 27 heavy (non-hydrogen) atoms. The zero-order valence-electron chi connectivity index (χ0n) is 15.6. The van der Waals surface area contributed by atoms with Gasteiger partial charge in [-0.2, -0.15) is 11.8 Å². The fraction of sp³-hybridized carbons (Fsp3) is 0.455. The molecule has 4 nitrogen and oxygen atoms in total. The van der Waals surface area contributed by atoms with E-state index in [2.05, 4.69) is 17.0 Å². The van der Waals surface area contributed by atoms with Gasteiger partial charge in [0.2, 0.25) is 0 Å². The van der Waals surface area contributed by atoms with Crippen LogP contribution < -0.4 is 0 Å². The second-order valence-electron chi connectivity index (χ2n) is 6.96. The summed E-state index contributed by atoms with van der Waals surface area (Å²) in [6.07, 6.45) is -0.267. The minimum Gasteiger partial charge on any atom is -0.391 e. The van der Waals surface area contributed by atoms with Gasteiger partial charge in [-0.1, -0.05) is 60.7 Å². The Morgan fingerprint density at radius 3 is 2.11 bits per heavy atom. The minimum absolute atomic E-state index is 0.140. The molecule has 2 aromatic carbocycles. The lowest BCUT2D eigenvalue weighted by Gasteiger charge is -2.29. The zero-order valence-corrected chi connectivity index (χ0v) is 16.4. The summed E-state index contributed by atoms with van der Waals surface area (Å²) in [4.78, 5) is 2.26. The summed E-state index contributed by atoms with van der Waals surface area (Å²) in [6, 6.07) is 20.1. The number of ether oxygens (including phenoxy) is 1. The molecule has 1 fully saturated rings. The van der Waals surface area contributed by atoms with Crippen molar-refractivity contribution in [2.45, 2.75) is 23.9 Å². The summed E-state index contributed by atoms with van der Waals surface area (Å²) < 4.78 is 5.37. The average Bonchev–Trinajstić information content (AvgIpc) is 2.73. The van der Waals surface area contributed by atoms with E-state index >= 15 is 0 Å². The molecule has 1 aliphatic rings. The van der Waals surface area contributed by atoms with E-state index in [1.54, 1.807) is 11.8 Å². The number of aliphatic hydroxyl groups is 2. The molecule has 0 unspecified atom stereocenters. The fourth-order valence-electron chi connectivity index (χ4n) is 3.34. The summed E-state index contributed by atoms with van der Waals surface area (Å²) in [7, 11) is 0. The van der Waals surface area contributed by atoms with Crippen LogP contribution in [0.1, 0.15) is 28.9 Å². The predicted octanol–water partition coefficient (Wildman–Crippen LogP) is 3.28. The Balaban J connectivity index is 1.58. The molecule has 3 rings (SSSR count). The van der Waals surface area contributed by atoms with E-state index in [-0.39, 0.29) is 11.4 Å². The van der Waals surface area contributed by atoms with Crippen LogP contribution in [0.5, 0.6) is 0 Å². The van der Waals surface area contributed by atoms with Crippen molar-refractivity contribution in [3.63, 3.8) is 0 Å². The van der Waals surface area contributed by atoms with Crippen LogP contribution in [0.2, 0.25) is 0 Å². The van der Waals surface area contributed by atoms with Gasteiger partial charge in [0.15, 0.2) is 0 Å². The first-order valence-electron chi connectivity index (χ1n) is 9.60. The summed E-state index contributed by atoms with van der Waals surface area (Å²) >= 11 is 1.73. The van der Waals surface area contributed by atoms with Crippen LogP contribution in [-0.4, -0.2) is 59.8 Å². The van der Waals surface area contributed by atoms with Crippen molar-refractivity contribution in [2.75, 3.05) is 38.6 Å². The maximum absolute atomic E-state index is 10.7. The third-order valence-corrected chi connectivity index (χ3v) is 6.30. The highest BCUT2D eigenvalue weighted by molar-refractivity contribution is 7.99. The Bertz CT molecular complexity index is 649. The third kappa shape index (κ3) is 6.63. The standard InChI is InChI=1S/C22H29NO3S/c24-20(16-23-11-13-26-14-12-23)17-27-22(19-9-5-2-6-10-19)15-21(25)18-7-3-1-4-8-18/h1-10,20-22,24-25H,11-17H2/t20-,21-,22+/m1/s1. The second-order valence-corrected chi connectivity index (χ2v) is 8.20. The molecule has 3 atom stereocenters. The molecule has 0 bridgehead atoms. The van der Waals surface area contributed by atoms with Crippen molar-refractivity contribution in [2.24, 2.45) is 0 Å². The summed E-state index contributed by atoms with van der Waals surface area (Å²) in [5.41, 5.74) is 2.13. The number of β-amino-alcohol motifs (C(OH)–C–C–N with tert-alkyl or cyclic N) is 1. The first-order chi connectivity index (χ1) is 13.2. The van der Waals surface area contributed by atoms with Crippen molar-refractivity contribution < 1.29 is 14.9 Å². The Morgan fingerprint density at radius 2 is 1.48 bits per heavy atom. The molecule has 1 heterocycles. The van der Waals surface area contributed by atoms with E-state index in [9.17, 15) is 10.2 Å². The topological polar surface area (TPSA) is 52.9 Å². The maximum Gasteiger partial charge on any atom is 0.0803 e. The monoisotopic (exact) mass is 387 g/mol. The van der Waals surface area contributed by atoms with E-state index in [0.717, 1.165) is 31.9 Å². The zero-order chi connectivity index (χ0) is 18.9. The Labute approximate surface area is 166 Å². The van der Waals surface area contributed by atoms with Crippen molar-refractivity contribution in [1.29, 1.82) is 0 Å². The molecule has 0 saturated carbocycles. The molecule has 1 aliphatic heterocycles. The summed E-state index contributed by atoms with van der Waals surface area (Å²) in [5.74, 6) is 0.651. The number of rotatable bonds is 9. The van der Waals surface area contributed by atoms with Gasteiger partial charge in [-0.15, -0.1) is 0 Å². The molecular weight excluding hydrogens is 358 g/mol. The van der Waals surface area contributed by atoms with Crippen molar-refractivity contribution in [1.82, 2.24) is 4.90 Å². The van der Waals surface area contributed by atoms with Crippen LogP contribution in [0.25, 0.3) is 0 Å². The normalized spacial score (nSPS) is 18.7. The quantitative estimate of drug-likeness (QED) is 0.692. The summed E-state index contributed by atoms with van der Waals surface area (Å²) in [6.45, 7) is 3.94. The van der Waals surface area contributed by atoms with Gasteiger partial charge in [-0.25, -0.2) is 0 Å². The van der Waals surface area contributed by atoms with Crippen LogP contribution in [0.3, 0.4) is 0 Å². The van der Waals surface area contributed by atoms with E-state index in [4.69, 9.17) is 4.74 Å². The van der Waals surface area contributed by atoms with Gasteiger partial charge in [0.05, 0.1) is 25.4 Å². The lowest BCUT2D eigenvalue weighted by molar-refractivity contribution is 0.0188. The minimum atomic E-state index is -0.514. The van der Waals surface area contributed by atoms with E-state index in [1.807, 2.05) is 48.5 Å². The molecule has 2 N–H and O–H groups in total. The highest BCUT2D eigenvalue weighted by atomic mass is 32.2. The molecule has 0 radical (unpaired) electrons. The molecule has 5 heteroatoms. The van der Waals surface area contributed by atoms with Crippen LogP contribution in [-0.2, 0) is 4.74 Å². The van der Waals surface area contributed by atoms with Crippen LogP contribution in [0, 0.1) is 0 Å². The molecular formula is C22H29NO3S. The molecule has 2 aromatic rings. The number of nitrogens with zero attached hydrogens (tertiary/aromatic N) is 1. The van der Waals surface area contributed by atoms with Gasteiger partial charge in [0.1, 0.15) is 0 Å². The van der Waals surface area contributed by atoms with E-state index in [1.165, 1.54) is 5.56 Å². The highest BCUT2D eigenvalue weighted by Crippen LogP contribution is 2.37. The first kappa shape index (κ1) is 20.4. The molecule has 1 saturated heterocycles. The number of hydrogen-bond acceptors (Lipinski definition) is 5. The molecule has 0 aliphatic carbocycles. The van der Waals surface area contributed by atoms with Gasteiger partial charge in [-0.3, -0.25) is 4.90 Å². The number of thioether (sulfide) groups is 1. The molecule has 0 aromatic heterocycles. The Kier molecular flexibility index (Phi) is 8.17. The Morgan fingerprint density at radius 1 is 0.889 bits per heavy atom.